The maximum atomic E-state index is 12.1. The highest BCUT2D eigenvalue weighted by molar-refractivity contribution is 5.81. The standard InChI is InChI=1S/C15H29NO2/c1-3-14(4-2)16(10-11-17)12-13-8-6-5-7-9-15(13)18/h13-14,17H,3-12H2,1-2H3. The molecular formula is C15H29NO2. The van der Waals surface area contributed by atoms with Crippen molar-refractivity contribution in [1.29, 1.82) is 0 Å². The van der Waals surface area contributed by atoms with E-state index in [2.05, 4.69) is 18.7 Å². The monoisotopic (exact) mass is 255 g/mol. The molecule has 0 amide bonds. The molecule has 0 spiro atoms. The molecule has 0 bridgehead atoms. The van der Waals surface area contributed by atoms with Crippen LogP contribution in [-0.4, -0.2) is 41.5 Å². The number of aliphatic hydroxyl groups is 1. The summed E-state index contributed by atoms with van der Waals surface area (Å²) in [6, 6.07) is 0.508. The lowest BCUT2D eigenvalue weighted by molar-refractivity contribution is -0.123. The SMILES string of the molecule is CCC(CC)N(CCO)CC1CCCCCC1=O. The average Bonchev–Trinajstić information content (AvgIpc) is 2.57. The van der Waals surface area contributed by atoms with E-state index in [-0.39, 0.29) is 12.5 Å². The first-order chi connectivity index (χ1) is 8.72. The van der Waals surface area contributed by atoms with Crippen LogP contribution in [0.1, 0.15) is 58.8 Å². The first-order valence-electron chi connectivity index (χ1n) is 7.60. The summed E-state index contributed by atoms with van der Waals surface area (Å²) >= 11 is 0. The third-order valence-electron chi connectivity index (χ3n) is 4.23. The van der Waals surface area contributed by atoms with Crippen molar-refractivity contribution in [2.24, 2.45) is 5.92 Å². The van der Waals surface area contributed by atoms with E-state index >= 15 is 0 Å². The van der Waals surface area contributed by atoms with E-state index < -0.39 is 0 Å². The smallest absolute Gasteiger partial charge is 0.137 e. The van der Waals surface area contributed by atoms with Crippen LogP contribution in [0, 0.1) is 5.92 Å². The molecule has 0 saturated heterocycles. The Hall–Kier alpha value is -0.410. The van der Waals surface area contributed by atoms with Crippen LogP contribution >= 0.6 is 0 Å². The van der Waals surface area contributed by atoms with Gasteiger partial charge in [0.15, 0.2) is 0 Å². The predicted molar refractivity (Wildman–Crippen MR) is 74.6 cm³/mol. The van der Waals surface area contributed by atoms with Gasteiger partial charge in [0, 0.05) is 31.5 Å². The zero-order valence-corrected chi connectivity index (χ0v) is 12.0. The fraction of sp³-hybridized carbons (Fsp3) is 0.933. The van der Waals surface area contributed by atoms with E-state index in [0.29, 0.717) is 18.4 Å². The van der Waals surface area contributed by atoms with Gasteiger partial charge in [-0.2, -0.15) is 0 Å². The molecule has 0 radical (unpaired) electrons. The van der Waals surface area contributed by atoms with Gasteiger partial charge in [0.2, 0.25) is 0 Å². The minimum absolute atomic E-state index is 0.192. The van der Waals surface area contributed by atoms with Gasteiger partial charge in [-0.1, -0.05) is 26.7 Å². The van der Waals surface area contributed by atoms with Gasteiger partial charge in [0.05, 0.1) is 6.61 Å². The minimum atomic E-state index is 0.192. The second-order valence-corrected chi connectivity index (χ2v) is 5.45. The molecule has 0 aromatic heterocycles. The number of aliphatic hydroxyl groups excluding tert-OH is 1. The van der Waals surface area contributed by atoms with Gasteiger partial charge >= 0.3 is 0 Å². The van der Waals surface area contributed by atoms with Crippen molar-refractivity contribution in [3.8, 4) is 0 Å². The molecule has 1 fully saturated rings. The molecule has 3 nitrogen and oxygen atoms in total. The Labute approximate surface area is 112 Å². The lowest BCUT2D eigenvalue weighted by atomic mass is 9.97. The molecule has 106 valence electrons. The lowest BCUT2D eigenvalue weighted by Crippen LogP contribution is -2.41. The Morgan fingerprint density at radius 3 is 2.61 bits per heavy atom. The van der Waals surface area contributed by atoms with E-state index in [1.54, 1.807) is 0 Å². The van der Waals surface area contributed by atoms with Crippen LogP contribution < -0.4 is 0 Å². The highest BCUT2D eigenvalue weighted by Crippen LogP contribution is 2.22. The first-order valence-corrected chi connectivity index (χ1v) is 7.60. The molecule has 1 rings (SSSR count). The third kappa shape index (κ3) is 4.69. The zero-order valence-electron chi connectivity index (χ0n) is 12.0. The van der Waals surface area contributed by atoms with E-state index in [9.17, 15) is 9.90 Å². The van der Waals surface area contributed by atoms with Gasteiger partial charge in [0.25, 0.3) is 0 Å². The predicted octanol–water partition coefficient (Wildman–Crippen LogP) is 2.62. The number of carbonyl (C=O) groups is 1. The van der Waals surface area contributed by atoms with Gasteiger partial charge in [-0.3, -0.25) is 9.69 Å². The second-order valence-electron chi connectivity index (χ2n) is 5.45. The van der Waals surface area contributed by atoms with E-state index in [1.165, 1.54) is 12.8 Å². The van der Waals surface area contributed by atoms with Crippen molar-refractivity contribution in [3.05, 3.63) is 0 Å². The fourth-order valence-electron chi connectivity index (χ4n) is 3.06. The van der Waals surface area contributed by atoms with Crippen LogP contribution in [0.15, 0.2) is 0 Å². The summed E-state index contributed by atoms with van der Waals surface area (Å²) in [5.41, 5.74) is 0. The highest BCUT2D eigenvalue weighted by atomic mass is 16.3. The van der Waals surface area contributed by atoms with E-state index in [4.69, 9.17) is 0 Å². The van der Waals surface area contributed by atoms with Gasteiger partial charge in [-0.05, 0) is 25.7 Å². The summed E-state index contributed by atoms with van der Waals surface area (Å²) in [7, 11) is 0. The Morgan fingerprint density at radius 2 is 2.00 bits per heavy atom. The molecule has 1 atom stereocenters. The number of rotatable bonds is 7. The van der Waals surface area contributed by atoms with Crippen molar-refractivity contribution in [2.75, 3.05) is 19.7 Å². The zero-order chi connectivity index (χ0) is 13.4. The van der Waals surface area contributed by atoms with Crippen LogP contribution in [0.5, 0.6) is 0 Å². The van der Waals surface area contributed by atoms with Gasteiger partial charge < -0.3 is 5.11 Å². The summed E-state index contributed by atoms with van der Waals surface area (Å²) in [4.78, 5) is 14.4. The summed E-state index contributed by atoms with van der Waals surface area (Å²) in [6.45, 7) is 6.13. The number of carbonyl (C=O) groups excluding carboxylic acids is 1. The number of hydrogen-bond donors (Lipinski definition) is 1. The molecule has 3 heteroatoms. The molecule has 0 aromatic rings. The van der Waals surface area contributed by atoms with Crippen molar-refractivity contribution in [1.82, 2.24) is 4.90 Å². The van der Waals surface area contributed by atoms with Crippen molar-refractivity contribution in [3.63, 3.8) is 0 Å². The Balaban J connectivity index is 2.59. The molecule has 0 aromatic carbocycles. The normalized spacial score (nSPS) is 21.6. The highest BCUT2D eigenvalue weighted by Gasteiger charge is 2.25. The molecular weight excluding hydrogens is 226 g/mol. The van der Waals surface area contributed by atoms with Crippen LogP contribution in [0.2, 0.25) is 0 Å². The summed E-state index contributed by atoms with van der Waals surface area (Å²) in [6.07, 6.45) is 7.45. The molecule has 18 heavy (non-hydrogen) atoms. The fourth-order valence-corrected chi connectivity index (χ4v) is 3.06. The third-order valence-corrected chi connectivity index (χ3v) is 4.23. The molecule has 1 N–H and O–H groups in total. The van der Waals surface area contributed by atoms with Gasteiger partial charge in [-0.25, -0.2) is 0 Å². The maximum absolute atomic E-state index is 12.1. The number of hydrogen-bond acceptors (Lipinski definition) is 3. The van der Waals surface area contributed by atoms with Crippen LogP contribution in [0.25, 0.3) is 0 Å². The van der Waals surface area contributed by atoms with Crippen molar-refractivity contribution < 1.29 is 9.90 Å². The van der Waals surface area contributed by atoms with Crippen molar-refractivity contribution >= 4 is 5.78 Å². The Kier molecular flexibility index (Phi) is 7.52. The Bertz CT molecular complexity index is 239. The summed E-state index contributed by atoms with van der Waals surface area (Å²) in [5, 5.41) is 9.20. The second kappa shape index (κ2) is 8.65. The van der Waals surface area contributed by atoms with Crippen LogP contribution in [0.4, 0.5) is 0 Å². The van der Waals surface area contributed by atoms with E-state index in [1.807, 2.05) is 0 Å². The maximum Gasteiger partial charge on any atom is 0.137 e. The Morgan fingerprint density at radius 1 is 1.28 bits per heavy atom. The van der Waals surface area contributed by atoms with Gasteiger partial charge in [-0.15, -0.1) is 0 Å². The number of nitrogens with zero attached hydrogens (tertiary/aromatic N) is 1. The molecule has 0 heterocycles. The average molecular weight is 255 g/mol. The molecule has 0 aliphatic heterocycles. The number of ketones is 1. The van der Waals surface area contributed by atoms with Gasteiger partial charge in [0.1, 0.15) is 5.78 Å². The molecule has 1 saturated carbocycles. The summed E-state index contributed by atoms with van der Waals surface area (Å²) in [5.74, 6) is 0.654. The topological polar surface area (TPSA) is 40.5 Å². The van der Waals surface area contributed by atoms with E-state index in [0.717, 1.165) is 38.6 Å². The molecule has 1 aliphatic carbocycles. The van der Waals surface area contributed by atoms with Crippen LogP contribution in [0.3, 0.4) is 0 Å². The molecule has 1 aliphatic rings. The van der Waals surface area contributed by atoms with Crippen LogP contribution in [-0.2, 0) is 4.79 Å². The minimum Gasteiger partial charge on any atom is -0.395 e. The summed E-state index contributed by atoms with van der Waals surface area (Å²) < 4.78 is 0. The first kappa shape index (κ1) is 15.6. The largest absolute Gasteiger partial charge is 0.395 e. The lowest BCUT2D eigenvalue weighted by Gasteiger charge is -2.32. The van der Waals surface area contributed by atoms with Crippen molar-refractivity contribution in [2.45, 2.75) is 64.8 Å². The number of Topliss-reactive ketones (excluding diaryl/α,β-unsaturated/α-hetero) is 1. The quantitative estimate of drug-likeness (QED) is 0.711. The molecule has 1 unspecified atom stereocenters.